The fourth-order valence-corrected chi connectivity index (χ4v) is 3.74. The highest BCUT2D eigenvalue weighted by Crippen LogP contribution is 2.33. The molecule has 4 rings (SSSR count). The third kappa shape index (κ3) is 2.39. The average molecular weight is 350 g/mol. The van der Waals surface area contributed by atoms with Crippen molar-refractivity contribution < 1.29 is 19.1 Å². The number of fused-ring (bicyclic) bond motifs is 1. The van der Waals surface area contributed by atoms with E-state index in [9.17, 15) is 14.4 Å². The number of nitrogens with zero attached hydrogens (tertiary/aromatic N) is 1. The molecule has 0 aromatic heterocycles. The molecular formula is C16H16ClN3O4. The fourth-order valence-electron chi connectivity index (χ4n) is 3.55. The Kier molecular flexibility index (Phi) is 3.42. The number of carbonyl (C=O) groups is 3. The quantitative estimate of drug-likeness (QED) is 0.736. The van der Waals surface area contributed by atoms with Crippen LogP contribution in [0.25, 0.3) is 0 Å². The second-order valence-electron chi connectivity index (χ2n) is 6.38. The summed E-state index contributed by atoms with van der Waals surface area (Å²) in [6.45, 7) is 0.812. The minimum absolute atomic E-state index is 0.0955. The number of rotatable bonds is 1. The number of imide groups is 1. The first-order chi connectivity index (χ1) is 11.5. The van der Waals surface area contributed by atoms with E-state index in [1.165, 1.54) is 0 Å². The Morgan fingerprint density at radius 1 is 1.29 bits per heavy atom. The van der Waals surface area contributed by atoms with Gasteiger partial charge in [-0.1, -0.05) is 11.6 Å². The topological polar surface area (TPSA) is 87.7 Å². The summed E-state index contributed by atoms with van der Waals surface area (Å²) in [6, 6.07) is 4.85. The summed E-state index contributed by atoms with van der Waals surface area (Å²) in [6.07, 6.45) is 0.747. The molecule has 8 heteroatoms. The van der Waals surface area contributed by atoms with Gasteiger partial charge in [0.15, 0.2) is 6.10 Å². The van der Waals surface area contributed by atoms with Crippen molar-refractivity contribution in [2.24, 2.45) is 0 Å². The number of nitrogens with one attached hydrogen (secondary N) is 2. The summed E-state index contributed by atoms with van der Waals surface area (Å²) in [5.74, 6) is 0.286. The van der Waals surface area contributed by atoms with Crippen LogP contribution in [-0.2, 0) is 16.0 Å². The van der Waals surface area contributed by atoms with Gasteiger partial charge >= 0.3 is 6.03 Å². The van der Waals surface area contributed by atoms with Crippen LogP contribution in [0.1, 0.15) is 18.4 Å². The molecule has 24 heavy (non-hydrogen) atoms. The zero-order chi connectivity index (χ0) is 16.9. The van der Waals surface area contributed by atoms with E-state index in [1.807, 2.05) is 6.07 Å². The average Bonchev–Trinajstić information content (AvgIpc) is 3.08. The number of ether oxygens (including phenoxy) is 1. The number of likely N-dealkylation sites (tertiary alicyclic amines) is 1. The Morgan fingerprint density at radius 2 is 2.04 bits per heavy atom. The maximum Gasteiger partial charge on any atom is 0.322 e. The summed E-state index contributed by atoms with van der Waals surface area (Å²) in [7, 11) is 0. The molecule has 1 aromatic carbocycles. The molecule has 1 unspecified atom stereocenters. The van der Waals surface area contributed by atoms with Gasteiger partial charge in [-0.2, -0.15) is 0 Å². The number of carbonyl (C=O) groups excluding carboxylic acids is 3. The van der Waals surface area contributed by atoms with Crippen LogP contribution in [0.15, 0.2) is 18.2 Å². The highest BCUT2D eigenvalue weighted by Gasteiger charge is 2.49. The standard InChI is InChI=1S/C16H16ClN3O4/c17-10-1-2-11-9(7-10)8-12(24-11)13(21)20-5-3-16(4-6-20)14(22)18-15(23)19-16/h1-2,7,12H,3-6,8H2,(H2,18,19,22,23). The van der Waals surface area contributed by atoms with Crippen LogP contribution in [0.4, 0.5) is 4.79 Å². The molecule has 1 atom stereocenters. The van der Waals surface area contributed by atoms with E-state index >= 15 is 0 Å². The number of hydrogen-bond donors (Lipinski definition) is 2. The first-order valence-electron chi connectivity index (χ1n) is 7.84. The van der Waals surface area contributed by atoms with E-state index in [2.05, 4.69) is 10.6 Å². The number of amides is 4. The van der Waals surface area contributed by atoms with E-state index in [0.717, 1.165) is 5.56 Å². The Hall–Kier alpha value is -2.28. The van der Waals surface area contributed by atoms with E-state index in [-0.39, 0.29) is 11.8 Å². The Balaban J connectivity index is 1.41. The number of benzene rings is 1. The molecule has 0 radical (unpaired) electrons. The van der Waals surface area contributed by atoms with Gasteiger partial charge < -0.3 is 15.0 Å². The summed E-state index contributed by atoms with van der Waals surface area (Å²) in [5.41, 5.74) is 0.0534. The van der Waals surface area contributed by atoms with E-state index in [1.54, 1.807) is 17.0 Å². The van der Waals surface area contributed by atoms with Crippen molar-refractivity contribution >= 4 is 29.4 Å². The molecule has 0 bridgehead atoms. The minimum atomic E-state index is -0.874. The highest BCUT2D eigenvalue weighted by molar-refractivity contribution is 6.30. The van der Waals surface area contributed by atoms with Crippen molar-refractivity contribution in [3.63, 3.8) is 0 Å². The first-order valence-corrected chi connectivity index (χ1v) is 8.22. The number of hydrogen-bond acceptors (Lipinski definition) is 4. The van der Waals surface area contributed by atoms with Crippen LogP contribution in [-0.4, -0.2) is 47.5 Å². The normalized spacial score (nSPS) is 24.4. The molecule has 1 aromatic rings. The van der Waals surface area contributed by atoms with Gasteiger partial charge in [0.05, 0.1) is 0 Å². The molecule has 0 saturated carbocycles. The van der Waals surface area contributed by atoms with Crippen molar-refractivity contribution in [2.45, 2.75) is 30.9 Å². The number of halogens is 1. The Bertz CT molecular complexity index is 743. The summed E-state index contributed by atoms with van der Waals surface area (Å²) < 4.78 is 5.73. The maximum atomic E-state index is 12.7. The zero-order valence-electron chi connectivity index (χ0n) is 12.8. The zero-order valence-corrected chi connectivity index (χ0v) is 13.6. The predicted octanol–water partition coefficient (Wildman–Crippen LogP) is 0.844. The number of urea groups is 1. The molecule has 3 heterocycles. The smallest absolute Gasteiger partial charge is 0.322 e. The molecule has 3 aliphatic rings. The third-order valence-corrected chi connectivity index (χ3v) is 5.15. The summed E-state index contributed by atoms with van der Waals surface area (Å²) in [5, 5.41) is 5.57. The molecule has 126 valence electrons. The SMILES string of the molecule is O=C1NC(=O)C2(CCN(C(=O)C3Cc4cc(Cl)ccc4O3)CC2)N1. The van der Waals surface area contributed by atoms with Crippen molar-refractivity contribution in [3.8, 4) is 5.75 Å². The highest BCUT2D eigenvalue weighted by atomic mass is 35.5. The van der Waals surface area contributed by atoms with Crippen LogP contribution < -0.4 is 15.4 Å². The van der Waals surface area contributed by atoms with Gasteiger partial charge in [0, 0.05) is 24.5 Å². The molecular weight excluding hydrogens is 334 g/mol. The van der Waals surface area contributed by atoms with Gasteiger partial charge in [0.25, 0.3) is 11.8 Å². The molecule has 2 fully saturated rings. The van der Waals surface area contributed by atoms with E-state index < -0.39 is 17.7 Å². The van der Waals surface area contributed by atoms with Gasteiger partial charge in [0.2, 0.25) is 0 Å². The van der Waals surface area contributed by atoms with E-state index in [4.69, 9.17) is 16.3 Å². The fraction of sp³-hybridized carbons (Fsp3) is 0.438. The van der Waals surface area contributed by atoms with Gasteiger partial charge in [-0.25, -0.2) is 4.79 Å². The van der Waals surface area contributed by atoms with Crippen molar-refractivity contribution in [3.05, 3.63) is 28.8 Å². The summed E-state index contributed by atoms with van der Waals surface area (Å²) in [4.78, 5) is 37.7. The molecule has 3 aliphatic heterocycles. The monoisotopic (exact) mass is 349 g/mol. The second-order valence-corrected chi connectivity index (χ2v) is 6.81. The minimum Gasteiger partial charge on any atom is -0.480 e. The Labute approximate surface area is 143 Å². The lowest BCUT2D eigenvalue weighted by Gasteiger charge is -2.37. The predicted molar refractivity (Wildman–Crippen MR) is 84.8 cm³/mol. The van der Waals surface area contributed by atoms with Gasteiger partial charge in [-0.05, 0) is 36.6 Å². The maximum absolute atomic E-state index is 12.7. The molecule has 2 saturated heterocycles. The van der Waals surface area contributed by atoms with Crippen LogP contribution >= 0.6 is 11.6 Å². The molecule has 2 N–H and O–H groups in total. The molecule has 7 nitrogen and oxygen atoms in total. The largest absolute Gasteiger partial charge is 0.480 e. The van der Waals surface area contributed by atoms with Gasteiger partial charge in [-0.3, -0.25) is 14.9 Å². The number of piperidine rings is 1. The molecule has 1 spiro atoms. The van der Waals surface area contributed by atoms with Crippen molar-refractivity contribution in [2.75, 3.05) is 13.1 Å². The molecule has 0 aliphatic carbocycles. The second kappa shape index (κ2) is 5.37. The van der Waals surface area contributed by atoms with Crippen molar-refractivity contribution in [1.82, 2.24) is 15.5 Å². The van der Waals surface area contributed by atoms with Crippen LogP contribution in [0, 0.1) is 0 Å². The first kappa shape index (κ1) is 15.3. The van der Waals surface area contributed by atoms with Crippen LogP contribution in [0.3, 0.4) is 0 Å². The third-order valence-electron chi connectivity index (χ3n) is 4.92. The van der Waals surface area contributed by atoms with E-state index in [0.29, 0.717) is 43.1 Å². The van der Waals surface area contributed by atoms with Gasteiger partial charge in [-0.15, -0.1) is 0 Å². The van der Waals surface area contributed by atoms with Crippen molar-refractivity contribution in [1.29, 1.82) is 0 Å². The summed E-state index contributed by atoms with van der Waals surface area (Å²) >= 11 is 5.97. The Morgan fingerprint density at radius 3 is 2.71 bits per heavy atom. The lowest BCUT2D eigenvalue weighted by atomic mass is 9.87. The molecule has 4 amide bonds. The lowest BCUT2D eigenvalue weighted by Crippen LogP contribution is -2.57. The van der Waals surface area contributed by atoms with Crippen LogP contribution in [0.5, 0.6) is 5.75 Å². The van der Waals surface area contributed by atoms with Crippen LogP contribution in [0.2, 0.25) is 5.02 Å². The van der Waals surface area contributed by atoms with Gasteiger partial charge in [0.1, 0.15) is 11.3 Å². The lowest BCUT2D eigenvalue weighted by molar-refractivity contribution is -0.141.